The summed E-state index contributed by atoms with van der Waals surface area (Å²) in [5, 5.41) is 0.349. The third-order valence-corrected chi connectivity index (χ3v) is 3.09. The minimum absolute atomic E-state index is 0.113. The summed E-state index contributed by atoms with van der Waals surface area (Å²) in [6, 6.07) is 3.22. The van der Waals surface area contributed by atoms with Crippen molar-refractivity contribution in [3.05, 3.63) is 34.9 Å². The van der Waals surface area contributed by atoms with Crippen molar-refractivity contribution in [2.75, 3.05) is 27.3 Å². The first-order chi connectivity index (χ1) is 9.44. The molecule has 0 atom stereocenters. The van der Waals surface area contributed by atoms with E-state index in [0.29, 0.717) is 35.2 Å². The summed E-state index contributed by atoms with van der Waals surface area (Å²) < 4.78 is 10.4. The van der Waals surface area contributed by atoms with Crippen LogP contribution in [-0.2, 0) is 0 Å². The third-order valence-electron chi connectivity index (χ3n) is 2.81. The Morgan fingerprint density at radius 2 is 2.00 bits per heavy atom. The van der Waals surface area contributed by atoms with Crippen LogP contribution in [0, 0.1) is 0 Å². The van der Waals surface area contributed by atoms with E-state index in [4.69, 9.17) is 21.1 Å². The van der Waals surface area contributed by atoms with E-state index in [1.165, 1.54) is 14.2 Å². The lowest BCUT2D eigenvalue weighted by molar-refractivity contribution is 0.0778. The highest BCUT2D eigenvalue weighted by molar-refractivity contribution is 6.32. The van der Waals surface area contributed by atoms with Gasteiger partial charge in [0.25, 0.3) is 5.91 Å². The molecule has 1 aromatic rings. The normalized spacial score (nSPS) is 10.1. The summed E-state index contributed by atoms with van der Waals surface area (Å²) in [7, 11) is 3.01. The minimum atomic E-state index is -0.113. The Balaban J connectivity index is 3.15. The second-order valence-electron chi connectivity index (χ2n) is 4.47. The van der Waals surface area contributed by atoms with Gasteiger partial charge in [-0.15, -0.1) is 0 Å². The zero-order chi connectivity index (χ0) is 15.3. The van der Waals surface area contributed by atoms with Gasteiger partial charge in [0, 0.05) is 18.7 Å². The number of carbonyl (C=O) groups is 1. The fourth-order valence-electron chi connectivity index (χ4n) is 1.88. The van der Waals surface area contributed by atoms with Crippen LogP contribution in [-0.4, -0.2) is 38.1 Å². The van der Waals surface area contributed by atoms with Gasteiger partial charge in [-0.05, 0) is 26.0 Å². The number of likely N-dealkylation sites (N-methyl/N-ethyl adjacent to an activating group) is 1. The quantitative estimate of drug-likeness (QED) is 0.756. The van der Waals surface area contributed by atoms with Gasteiger partial charge in [-0.1, -0.05) is 23.8 Å². The van der Waals surface area contributed by atoms with Crippen LogP contribution < -0.4 is 9.47 Å². The molecule has 0 saturated heterocycles. The summed E-state index contributed by atoms with van der Waals surface area (Å²) in [6.07, 6.45) is 0. The van der Waals surface area contributed by atoms with Gasteiger partial charge in [0.05, 0.1) is 19.2 Å². The lowest BCUT2D eigenvalue weighted by atomic mass is 10.1. The first-order valence-electron chi connectivity index (χ1n) is 6.29. The molecule has 20 heavy (non-hydrogen) atoms. The molecule has 1 rings (SSSR count). The lowest BCUT2D eigenvalue weighted by Crippen LogP contribution is -2.32. The summed E-state index contributed by atoms with van der Waals surface area (Å²) >= 11 is 6.12. The molecule has 0 heterocycles. The first kappa shape index (κ1) is 16.4. The Kier molecular flexibility index (Phi) is 5.89. The van der Waals surface area contributed by atoms with E-state index in [-0.39, 0.29) is 5.91 Å². The molecule has 4 nitrogen and oxygen atoms in total. The smallest absolute Gasteiger partial charge is 0.254 e. The average molecular weight is 298 g/mol. The zero-order valence-electron chi connectivity index (χ0n) is 12.3. The molecule has 0 unspecified atom stereocenters. The predicted molar refractivity (Wildman–Crippen MR) is 80.9 cm³/mol. The zero-order valence-corrected chi connectivity index (χ0v) is 13.1. The van der Waals surface area contributed by atoms with Crippen LogP contribution in [0.1, 0.15) is 24.2 Å². The molecule has 0 aliphatic rings. The predicted octanol–water partition coefficient (Wildman–Crippen LogP) is 3.40. The number of halogens is 1. The lowest BCUT2D eigenvalue weighted by Gasteiger charge is -2.21. The van der Waals surface area contributed by atoms with Gasteiger partial charge in [0.1, 0.15) is 0 Å². The number of carbonyl (C=O) groups excluding carboxylic acids is 1. The van der Waals surface area contributed by atoms with Gasteiger partial charge in [-0.25, -0.2) is 0 Å². The van der Waals surface area contributed by atoms with Gasteiger partial charge < -0.3 is 14.4 Å². The van der Waals surface area contributed by atoms with Crippen molar-refractivity contribution >= 4 is 17.5 Å². The molecule has 0 saturated carbocycles. The molecule has 0 aliphatic carbocycles. The highest BCUT2D eigenvalue weighted by Crippen LogP contribution is 2.36. The van der Waals surface area contributed by atoms with E-state index < -0.39 is 0 Å². The largest absolute Gasteiger partial charge is 0.493 e. The van der Waals surface area contributed by atoms with Crippen LogP contribution in [0.15, 0.2) is 24.3 Å². The van der Waals surface area contributed by atoms with Crippen molar-refractivity contribution in [1.29, 1.82) is 0 Å². The van der Waals surface area contributed by atoms with Gasteiger partial charge in [-0.3, -0.25) is 4.79 Å². The number of hydrogen-bond acceptors (Lipinski definition) is 3. The molecule has 0 fully saturated rings. The van der Waals surface area contributed by atoms with E-state index in [2.05, 4.69) is 6.58 Å². The maximum absolute atomic E-state index is 12.5. The highest BCUT2D eigenvalue weighted by atomic mass is 35.5. The van der Waals surface area contributed by atoms with E-state index >= 15 is 0 Å². The Morgan fingerprint density at radius 1 is 1.35 bits per heavy atom. The summed E-state index contributed by atoms with van der Waals surface area (Å²) in [6.45, 7) is 8.75. The molecule has 1 amide bonds. The van der Waals surface area contributed by atoms with Crippen molar-refractivity contribution in [2.45, 2.75) is 13.8 Å². The van der Waals surface area contributed by atoms with Gasteiger partial charge >= 0.3 is 0 Å². The molecule has 1 aromatic carbocycles. The number of methoxy groups -OCH3 is 2. The Bertz CT molecular complexity index is 514. The maximum atomic E-state index is 12.5. The number of hydrogen-bond donors (Lipinski definition) is 0. The summed E-state index contributed by atoms with van der Waals surface area (Å²) in [5.41, 5.74) is 1.39. The molecule has 110 valence electrons. The van der Waals surface area contributed by atoms with E-state index in [0.717, 1.165) is 5.57 Å². The Hall–Kier alpha value is -1.68. The maximum Gasteiger partial charge on any atom is 0.254 e. The van der Waals surface area contributed by atoms with Crippen LogP contribution >= 0.6 is 11.6 Å². The van der Waals surface area contributed by atoms with E-state index in [1.54, 1.807) is 17.0 Å². The van der Waals surface area contributed by atoms with Crippen LogP contribution in [0.5, 0.6) is 11.5 Å². The van der Waals surface area contributed by atoms with Crippen LogP contribution in [0.25, 0.3) is 0 Å². The molecule has 0 radical (unpaired) electrons. The number of nitrogens with zero attached hydrogens (tertiary/aromatic N) is 1. The third kappa shape index (κ3) is 3.67. The van der Waals surface area contributed by atoms with Gasteiger partial charge in [0.2, 0.25) is 0 Å². The van der Waals surface area contributed by atoms with Crippen molar-refractivity contribution in [2.24, 2.45) is 0 Å². The molecular weight excluding hydrogens is 278 g/mol. The minimum Gasteiger partial charge on any atom is -0.493 e. The van der Waals surface area contributed by atoms with Crippen molar-refractivity contribution in [3.63, 3.8) is 0 Å². The molecular formula is C15H20ClNO3. The van der Waals surface area contributed by atoms with Crippen LogP contribution in [0.3, 0.4) is 0 Å². The first-order valence-corrected chi connectivity index (χ1v) is 6.67. The van der Waals surface area contributed by atoms with Gasteiger partial charge in [-0.2, -0.15) is 0 Å². The van der Waals surface area contributed by atoms with Crippen LogP contribution in [0.2, 0.25) is 5.02 Å². The van der Waals surface area contributed by atoms with Crippen molar-refractivity contribution in [3.8, 4) is 11.5 Å². The highest BCUT2D eigenvalue weighted by Gasteiger charge is 2.19. The van der Waals surface area contributed by atoms with Crippen molar-refractivity contribution in [1.82, 2.24) is 4.90 Å². The number of ether oxygens (including phenoxy) is 2. The number of amides is 1. The molecule has 0 bridgehead atoms. The fraction of sp³-hybridized carbons (Fsp3) is 0.400. The molecule has 0 aromatic heterocycles. The number of rotatable bonds is 6. The molecule has 5 heteroatoms. The average Bonchev–Trinajstić information content (AvgIpc) is 2.42. The topological polar surface area (TPSA) is 38.8 Å². The number of benzene rings is 1. The van der Waals surface area contributed by atoms with E-state index in [9.17, 15) is 4.79 Å². The standard InChI is InChI=1S/C15H20ClNO3/c1-6-17(9-10(2)3)15(18)11-7-12(16)14(20-5)13(8-11)19-4/h7-8H,2,6,9H2,1,3-5H3. The summed E-state index contributed by atoms with van der Waals surface area (Å²) in [4.78, 5) is 14.2. The molecule has 0 N–H and O–H groups in total. The van der Waals surface area contributed by atoms with Gasteiger partial charge in [0.15, 0.2) is 11.5 Å². The van der Waals surface area contributed by atoms with Crippen LogP contribution in [0.4, 0.5) is 0 Å². The fourth-order valence-corrected chi connectivity index (χ4v) is 2.16. The molecule has 0 aliphatic heterocycles. The van der Waals surface area contributed by atoms with E-state index in [1.807, 2.05) is 13.8 Å². The SMILES string of the molecule is C=C(C)CN(CC)C(=O)c1cc(Cl)c(OC)c(OC)c1. The Morgan fingerprint density at radius 3 is 2.45 bits per heavy atom. The monoisotopic (exact) mass is 297 g/mol. The Labute approximate surface area is 124 Å². The second kappa shape index (κ2) is 7.20. The van der Waals surface area contributed by atoms with Crippen molar-refractivity contribution < 1.29 is 14.3 Å². The summed E-state index contributed by atoms with van der Waals surface area (Å²) in [5.74, 6) is 0.752. The molecule has 0 spiro atoms. The second-order valence-corrected chi connectivity index (χ2v) is 4.88.